The van der Waals surface area contributed by atoms with Crippen LogP contribution < -0.4 is 4.72 Å². The molecular weight excluding hydrogens is 380 g/mol. The maximum atomic E-state index is 12.6. The van der Waals surface area contributed by atoms with Gasteiger partial charge in [0.15, 0.2) is 0 Å². The molecule has 0 amide bonds. The molecule has 0 saturated carbocycles. The van der Waals surface area contributed by atoms with Crippen molar-refractivity contribution in [1.29, 1.82) is 0 Å². The summed E-state index contributed by atoms with van der Waals surface area (Å²) in [6.07, 6.45) is 1.70. The Balaban J connectivity index is 1.76. The van der Waals surface area contributed by atoms with Gasteiger partial charge in [-0.05, 0) is 79.1 Å². The molecule has 0 aromatic heterocycles. The smallest absolute Gasteiger partial charge is 0.261 e. The third kappa shape index (κ3) is 5.18. The van der Waals surface area contributed by atoms with Crippen LogP contribution in [0.15, 0.2) is 76.6 Å². The van der Waals surface area contributed by atoms with E-state index in [1.807, 2.05) is 32.0 Å². The highest BCUT2D eigenvalue weighted by molar-refractivity contribution is 7.92. The fourth-order valence-electron chi connectivity index (χ4n) is 2.66. The Labute approximate surface area is 164 Å². The first-order valence-corrected chi connectivity index (χ1v) is 10.2. The number of halogens is 1. The van der Waals surface area contributed by atoms with Crippen LogP contribution in [0.5, 0.6) is 0 Å². The van der Waals surface area contributed by atoms with Crippen LogP contribution in [0.3, 0.4) is 0 Å². The van der Waals surface area contributed by atoms with E-state index in [1.54, 1.807) is 54.7 Å². The van der Waals surface area contributed by atoms with Gasteiger partial charge in [0.2, 0.25) is 0 Å². The van der Waals surface area contributed by atoms with Crippen molar-refractivity contribution in [3.05, 3.63) is 88.4 Å². The van der Waals surface area contributed by atoms with Gasteiger partial charge in [0.05, 0.1) is 10.6 Å². The largest absolute Gasteiger partial charge is 0.280 e. The molecule has 1 N–H and O–H groups in total. The number of rotatable bonds is 5. The van der Waals surface area contributed by atoms with Crippen LogP contribution in [0.4, 0.5) is 11.4 Å². The van der Waals surface area contributed by atoms with Crippen molar-refractivity contribution < 1.29 is 8.42 Å². The van der Waals surface area contributed by atoms with Crippen molar-refractivity contribution in [1.82, 2.24) is 0 Å². The van der Waals surface area contributed by atoms with Crippen LogP contribution in [-0.4, -0.2) is 14.6 Å². The molecule has 0 atom stereocenters. The molecule has 0 unspecified atom stereocenters. The van der Waals surface area contributed by atoms with E-state index in [0.29, 0.717) is 16.4 Å². The number of anilines is 1. The molecule has 0 aliphatic rings. The van der Waals surface area contributed by atoms with E-state index in [1.165, 1.54) is 0 Å². The molecule has 0 heterocycles. The fourth-order valence-corrected chi connectivity index (χ4v) is 3.82. The van der Waals surface area contributed by atoms with Crippen molar-refractivity contribution in [3.63, 3.8) is 0 Å². The second kappa shape index (κ2) is 7.94. The monoisotopic (exact) mass is 398 g/mol. The molecular formula is C21H19ClN2O2S. The van der Waals surface area contributed by atoms with Gasteiger partial charge in [-0.25, -0.2) is 8.42 Å². The minimum atomic E-state index is -3.65. The van der Waals surface area contributed by atoms with Gasteiger partial charge in [0.1, 0.15) is 0 Å². The summed E-state index contributed by atoms with van der Waals surface area (Å²) in [6.45, 7) is 3.86. The highest BCUT2D eigenvalue weighted by Gasteiger charge is 2.14. The SMILES string of the molecule is Cc1cc(C)cc(NS(=O)(=O)c2ccc(N=Cc3ccc(Cl)cc3)cc2)c1. The second-order valence-corrected chi connectivity index (χ2v) is 8.40. The van der Waals surface area contributed by atoms with Crippen LogP contribution in [0.1, 0.15) is 16.7 Å². The zero-order chi connectivity index (χ0) is 19.4. The lowest BCUT2D eigenvalue weighted by Crippen LogP contribution is -2.13. The van der Waals surface area contributed by atoms with Crippen molar-refractivity contribution in [2.45, 2.75) is 18.7 Å². The topological polar surface area (TPSA) is 58.5 Å². The quantitative estimate of drug-likeness (QED) is 0.576. The molecule has 0 aliphatic heterocycles. The van der Waals surface area contributed by atoms with Gasteiger partial charge < -0.3 is 0 Å². The average molecular weight is 399 g/mol. The lowest BCUT2D eigenvalue weighted by molar-refractivity contribution is 0.601. The molecule has 3 rings (SSSR count). The van der Waals surface area contributed by atoms with E-state index in [4.69, 9.17) is 11.6 Å². The number of sulfonamides is 1. The van der Waals surface area contributed by atoms with Crippen LogP contribution in [0, 0.1) is 13.8 Å². The van der Waals surface area contributed by atoms with Gasteiger partial charge in [-0.1, -0.05) is 29.8 Å². The lowest BCUT2D eigenvalue weighted by atomic mass is 10.1. The first kappa shape index (κ1) is 19.1. The summed E-state index contributed by atoms with van der Waals surface area (Å²) in [7, 11) is -3.65. The van der Waals surface area contributed by atoms with Crippen LogP contribution in [-0.2, 0) is 10.0 Å². The summed E-state index contributed by atoms with van der Waals surface area (Å²) in [5, 5.41) is 0.665. The first-order chi connectivity index (χ1) is 12.8. The third-order valence-corrected chi connectivity index (χ3v) is 5.50. The summed E-state index contributed by atoms with van der Waals surface area (Å²) < 4.78 is 27.8. The summed E-state index contributed by atoms with van der Waals surface area (Å²) in [5.74, 6) is 0. The highest BCUT2D eigenvalue weighted by atomic mass is 35.5. The number of aryl methyl sites for hydroxylation is 2. The molecule has 4 nitrogen and oxygen atoms in total. The molecule has 0 bridgehead atoms. The van der Waals surface area contributed by atoms with Gasteiger partial charge >= 0.3 is 0 Å². The van der Waals surface area contributed by atoms with Crippen molar-refractivity contribution >= 4 is 39.2 Å². The molecule has 3 aromatic rings. The predicted octanol–water partition coefficient (Wildman–Crippen LogP) is 5.51. The van der Waals surface area contributed by atoms with E-state index in [9.17, 15) is 8.42 Å². The van der Waals surface area contributed by atoms with E-state index in [2.05, 4.69) is 9.71 Å². The number of aliphatic imine (C=N–C) groups is 1. The lowest BCUT2D eigenvalue weighted by Gasteiger charge is -2.10. The molecule has 0 saturated heterocycles. The van der Waals surface area contributed by atoms with E-state index < -0.39 is 10.0 Å². The normalized spacial score (nSPS) is 11.7. The van der Waals surface area contributed by atoms with Crippen LogP contribution in [0.2, 0.25) is 5.02 Å². The molecule has 0 aliphatic carbocycles. The summed E-state index contributed by atoms with van der Waals surface area (Å²) in [6, 6.07) is 19.3. The Morgan fingerprint density at radius 1 is 0.889 bits per heavy atom. The minimum Gasteiger partial charge on any atom is -0.280 e. The molecule has 0 radical (unpaired) electrons. The zero-order valence-corrected chi connectivity index (χ0v) is 16.6. The molecule has 6 heteroatoms. The minimum absolute atomic E-state index is 0.187. The summed E-state index contributed by atoms with van der Waals surface area (Å²) >= 11 is 5.86. The zero-order valence-electron chi connectivity index (χ0n) is 15.0. The highest BCUT2D eigenvalue weighted by Crippen LogP contribution is 2.21. The predicted molar refractivity (Wildman–Crippen MR) is 112 cm³/mol. The molecule has 0 fully saturated rings. The van der Waals surface area contributed by atoms with E-state index >= 15 is 0 Å². The average Bonchev–Trinajstić information content (AvgIpc) is 2.60. The fraction of sp³-hybridized carbons (Fsp3) is 0.0952. The van der Waals surface area contributed by atoms with Crippen molar-refractivity contribution in [2.24, 2.45) is 4.99 Å². The Morgan fingerprint density at radius 2 is 1.48 bits per heavy atom. The second-order valence-electron chi connectivity index (χ2n) is 6.29. The van der Waals surface area contributed by atoms with Gasteiger partial charge in [-0.2, -0.15) is 0 Å². The molecule has 27 heavy (non-hydrogen) atoms. The number of nitrogens with one attached hydrogen (secondary N) is 1. The van der Waals surface area contributed by atoms with E-state index in [0.717, 1.165) is 16.7 Å². The summed E-state index contributed by atoms with van der Waals surface area (Å²) in [5.41, 5.74) is 4.12. The Bertz CT molecular complexity index is 1050. The van der Waals surface area contributed by atoms with E-state index in [-0.39, 0.29) is 4.90 Å². The number of benzene rings is 3. The van der Waals surface area contributed by atoms with Crippen LogP contribution >= 0.6 is 11.6 Å². The molecule has 3 aromatic carbocycles. The van der Waals surface area contributed by atoms with Crippen molar-refractivity contribution in [3.8, 4) is 0 Å². The first-order valence-electron chi connectivity index (χ1n) is 8.33. The van der Waals surface area contributed by atoms with Gasteiger partial charge in [0, 0.05) is 16.9 Å². The maximum absolute atomic E-state index is 12.6. The molecule has 0 spiro atoms. The van der Waals surface area contributed by atoms with Crippen molar-refractivity contribution in [2.75, 3.05) is 4.72 Å². The Kier molecular flexibility index (Phi) is 5.63. The number of hydrogen-bond acceptors (Lipinski definition) is 3. The Morgan fingerprint density at radius 3 is 2.07 bits per heavy atom. The number of hydrogen-bond donors (Lipinski definition) is 1. The van der Waals surface area contributed by atoms with Crippen LogP contribution in [0.25, 0.3) is 0 Å². The Hall–Kier alpha value is -2.63. The molecule has 138 valence electrons. The summed E-state index contributed by atoms with van der Waals surface area (Å²) in [4.78, 5) is 4.54. The van der Waals surface area contributed by atoms with Gasteiger partial charge in [-0.15, -0.1) is 0 Å². The number of nitrogens with zero attached hydrogens (tertiary/aromatic N) is 1. The van der Waals surface area contributed by atoms with Gasteiger partial charge in [0.25, 0.3) is 10.0 Å². The van der Waals surface area contributed by atoms with Gasteiger partial charge in [-0.3, -0.25) is 9.71 Å². The maximum Gasteiger partial charge on any atom is 0.261 e. The third-order valence-electron chi connectivity index (χ3n) is 3.85. The standard InChI is InChI=1S/C21H19ClN2O2S/c1-15-11-16(2)13-20(12-15)24-27(25,26)21-9-7-19(8-10-21)23-14-17-3-5-18(22)6-4-17/h3-14,24H,1-2H3.